The van der Waals surface area contributed by atoms with Gasteiger partial charge in [-0.2, -0.15) is 13.2 Å². The highest BCUT2D eigenvalue weighted by Gasteiger charge is 2.75. The third-order valence-corrected chi connectivity index (χ3v) is 6.19. The fourth-order valence-corrected chi connectivity index (χ4v) is 5.43. The van der Waals surface area contributed by atoms with Crippen LogP contribution in [0.4, 0.5) is 13.2 Å². The summed E-state index contributed by atoms with van der Waals surface area (Å²) in [5.74, 6) is -0.994. The van der Waals surface area contributed by atoms with Gasteiger partial charge in [0, 0.05) is 11.8 Å². The number of rotatable bonds is 0. The van der Waals surface area contributed by atoms with Crippen molar-refractivity contribution in [2.75, 3.05) is 0 Å². The van der Waals surface area contributed by atoms with Crippen molar-refractivity contribution in [2.24, 2.45) is 0 Å². The molecule has 25 heavy (non-hydrogen) atoms. The first-order valence-electron chi connectivity index (χ1n) is 8.39. The number of hydrogen-bond acceptors (Lipinski definition) is 1. The zero-order chi connectivity index (χ0) is 17.0. The average Bonchev–Trinajstić information content (AvgIpc) is 3.23. The summed E-state index contributed by atoms with van der Waals surface area (Å²) in [5, 5.41) is 1.99. The smallest absolute Gasteiger partial charge is 0.351 e. The van der Waals surface area contributed by atoms with Crippen molar-refractivity contribution in [1.29, 1.82) is 0 Å². The lowest BCUT2D eigenvalue weighted by atomic mass is 9.67. The van der Waals surface area contributed by atoms with Gasteiger partial charge in [0.2, 0.25) is 0 Å². The zero-order valence-corrected chi connectivity index (χ0v) is 13.0. The van der Waals surface area contributed by atoms with Gasteiger partial charge in [-0.1, -0.05) is 60.7 Å². The van der Waals surface area contributed by atoms with E-state index in [1.54, 1.807) is 24.3 Å². The van der Waals surface area contributed by atoms with Gasteiger partial charge in [0.05, 0.1) is 6.10 Å². The van der Waals surface area contributed by atoms with Gasteiger partial charge in [0.15, 0.2) is 5.60 Å². The summed E-state index contributed by atoms with van der Waals surface area (Å²) in [4.78, 5) is 0. The second-order valence-electron chi connectivity index (χ2n) is 7.16. The number of hydrogen-bond donors (Lipinski definition) is 0. The van der Waals surface area contributed by atoms with Crippen molar-refractivity contribution >= 4 is 10.8 Å². The molecular weight excluding hydrogens is 325 g/mol. The molecule has 4 heteroatoms. The largest absolute Gasteiger partial charge is 0.422 e. The molecule has 6 rings (SSSR count). The van der Waals surface area contributed by atoms with Gasteiger partial charge >= 0.3 is 6.18 Å². The number of alkyl halides is 3. The van der Waals surface area contributed by atoms with E-state index in [2.05, 4.69) is 0 Å². The fourth-order valence-electron chi connectivity index (χ4n) is 5.43. The fraction of sp³-hybridized carbons (Fsp3) is 0.238. The molecule has 0 amide bonds. The van der Waals surface area contributed by atoms with Gasteiger partial charge < -0.3 is 4.74 Å². The Bertz CT molecular complexity index is 1050. The molecule has 1 nitrogen and oxygen atoms in total. The maximum atomic E-state index is 14.4. The van der Waals surface area contributed by atoms with Crippen LogP contribution < -0.4 is 0 Å². The normalized spacial score (nSPS) is 31.4. The molecule has 1 saturated heterocycles. The molecule has 0 N–H and O–H groups in total. The first-order chi connectivity index (χ1) is 12.0. The Morgan fingerprint density at radius 2 is 1.48 bits per heavy atom. The Kier molecular flexibility index (Phi) is 2.27. The molecule has 124 valence electrons. The van der Waals surface area contributed by atoms with Crippen molar-refractivity contribution in [3.05, 3.63) is 82.9 Å². The lowest BCUT2D eigenvalue weighted by Crippen LogP contribution is -2.45. The first-order valence-corrected chi connectivity index (χ1v) is 8.39. The van der Waals surface area contributed by atoms with E-state index >= 15 is 0 Å². The van der Waals surface area contributed by atoms with Crippen molar-refractivity contribution in [1.82, 2.24) is 0 Å². The van der Waals surface area contributed by atoms with Gasteiger partial charge in [0.1, 0.15) is 0 Å². The summed E-state index contributed by atoms with van der Waals surface area (Å²) in [6.45, 7) is 0. The van der Waals surface area contributed by atoms with Crippen LogP contribution >= 0.6 is 0 Å². The average molecular weight is 338 g/mol. The molecule has 4 unspecified atom stereocenters. The van der Waals surface area contributed by atoms with E-state index in [0.717, 1.165) is 21.9 Å². The third-order valence-electron chi connectivity index (χ3n) is 6.19. The minimum Gasteiger partial charge on any atom is -0.351 e. The van der Waals surface area contributed by atoms with Crippen molar-refractivity contribution in [3.63, 3.8) is 0 Å². The van der Waals surface area contributed by atoms with Crippen LogP contribution in [0.5, 0.6) is 0 Å². The Morgan fingerprint density at radius 3 is 2.24 bits per heavy atom. The van der Waals surface area contributed by atoms with E-state index in [4.69, 9.17) is 4.74 Å². The monoisotopic (exact) mass is 338 g/mol. The van der Waals surface area contributed by atoms with Gasteiger partial charge in [-0.05, 0) is 33.0 Å². The molecule has 2 heterocycles. The Balaban J connectivity index is 1.75. The SMILES string of the molecule is FC(F)(F)C12OC(c3ccccc31)C1c3cccc4cccc(c34)C12. The Labute approximate surface area is 142 Å². The van der Waals surface area contributed by atoms with Crippen LogP contribution in [0, 0.1) is 0 Å². The minimum absolute atomic E-state index is 0.280. The van der Waals surface area contributed by atoms with Crippen LogP contribution in [0.1, 0.15) is 40.2 Å². The molecule has 3 aliphatic rings. The standard InChI is InChI=1S/C21H13F3O/c22-21(23,24)20-15-10-2-1-7-12(15)19(25-20)17-13-8-3-5-11-6-4-9-14(16(11)13)18(17)20/h1-10,17-19H. The number of halogens is 3. The summed E-state index contributed by atoms with van der Waals surface area (Å²) in [7, 11) is 0. The van der Waals surface area contributed by atoms with Crippen LogP contribution in [0.2, 0.25) is 0 Å². The summed E-state index contributed by atoms with van der Waals surface area (Å²) in [5.41, 5.74) is 0.493. The lowest BCUT2D eigenvalue weighted by Gasteiger charge is -2.36. The maximum absolute atomic E-state index is 14.4. The van der Waals surface area contributed by atoms with Gasteiger partial charge in [0.25, 0.3) is 0 Å². The number of fused-ring (bicyclic) bond motifs is 10. The van der Waals surface area contributed by atoms with E-state index in [9.17, 15) is 13.2 Å². The quantitative estimate of drug-likeness (QED) is 0.521. The molecule has 2 aliphatic heterocycles. The highest BCUT2D eigenvalue weighted by atomic mass is 19.4. The molecule has 1 aliphatic carbocycles. The van der Waals surface area contributed by atoms with Crippen LogP contribution in [-0.2, 0) is 10.3 Å². The summed E-state index contributed by atoms with van der Waals surface area (Å²) >= 11 is 0. The van der Waals surface area contributed by atoms with Gasteiger partial charge in [-0.25, -0.2) is 0 Å². The second kappa shape index (κ2) is 4.07. The van der Waals surface area contributed by atoms with Crippen molar-refractivity contribution < 1.29 is 17.9 Å². The molecule has 2 bridgehead atoms. The highest BCUT2D eigenvalue weighted by molar-refractivity contribution is 5.93. The molecule has 0 saturated carbocycles. The van der Waals surface area contributed by atoms with Crippen LogP contribution in [0.3, 0.4) is 0 Å². The third kappa shape index (κ3) is 1.35. The van der Waals surface area contributed by atoms with E-state index in [1.165, 1.54) is 0 Å². The zero-order valence-electron chi connectivity index (χ0n) is 13.0. The molecule has 0 spiro atoms. The van der Waals surface area contributed by atoms with E-state index in [-0.39, 0.29) is 5.92 Å². The minimum atomic E-state index is -4.47. The van der Waals surface area contributed by atoms with Gasteiger partial charge in [-0.3, -0.25) is 0 Å². The van der Waals surface area contributed by atoms with Crippen molar-refractivity contribution in [3.8, 4) is 0 Å². The summed E-state index contributed by atoms with van der Waals surface area (Å²) in [6, 6.07) is 18.4. The summed E-state index contributed by atoms with van der Waals surface area (Å²) < 4.78 is 49.1. The molecule has 3 aromatic carbocycles. The lowest BCUT2D eigenvalue weighted by molar-refractivity contribution is -0.275. The molecule has 0 aromatic heterocycles. The number of benzene rings is 3. The first kappa shape index (κ1) is 13.9. The van der Waals surface area contributed by atoms with Crippen molar-refractivity contribution in [2.45, 2.75) is 29.7 Å². The Hall–Kier alpha value is -2.33. The summed E-state index contributed by atoms with van der Waals surface area (Å²) in [6.07, 6.45) is -5.01. The molecule has 4 atom stereocenters. The molecule has 3 aromatic rings. The molecule has 1 fully saturated rings. The van der Waals surface area contributed by atoms with E-state index in [0.29, 0.717) is 11.1 Å². The van der Waals surface area contributed by atoms with E-state index < -0.39 is 23.8 Å². The van der Waals surface area contributed by atoms with Crippen LogP contribution in [0.15, 0.2) is 60.7 Å². The van der Waals surface area contributed by atoms with Gasteiger partial charge in [-0.15, -0.1) is 0 Å². The topological polar surface area (TPSA) is 9.23 Å². The highest BCUT2D eigenvalue weighted by Crippen LogP contribution is 2.74. The maximum Gasteiger partial charge on any atom is 0.422 e. The van der Waals surface area contributed by atoms with Crippen LogP contribution in [0.25, 0.3) is 10.8 Å². The number of ether oxygens (including phenoxy) is 1. The predicted octanol–water partition coefficient (Wildman–Crippen LogP) is 5.56. The predicted molar refractivity (Wildman–Crippen MR) is 87.4 cm³/mol. The Morgan fingerprint density at radius 1 is 0.800 bits per heavy atom. The molecule has 0 radical (unpaired) electrons. The molecular formula is C21H13F3O. The van der Waals surface area contributed by atoms with Crippen LogP contribution in [-0.4, -0.2) is 6.18 Å². The van der Waals surface area contributed by atoms with E-state index in [1.807, 2.05) is 36.4 Å². The second-order valence-corrected chi connectivity index (χ2v) is 7.16.